The molecular weight excluding hydrogens is 188 g/mol. The van der Waals surface area contributed by atoms with Crippen LogP contribution in [-0.4, -0.2) is 7.11 Å². The highest BCUT2D eigenvalue weighted by Crippen LogP contribution is 2.22. The first kappa shape index (κ1) is 12.1. The second kappa shape index (κ2) is 5.67. The Morgan fingerprint density at radius 2 is 2.15 bits per heavy atom. The van der Waals surface area contributed by atoms with Gasteiger partial charge in [0.15, 0.2) is 0 Å². The van der Waals surface area contributed by atoms with Crippen LogP contribution in [-0.2, 0) is 6.42 Å². The van der Waals surface area contributed by atoms with E-state index in [2.05, 4.69) is 12.3 Å². The molecule has 1 rings (SSSR count). The van der Waals surface area contributed by atoms with E-state index in [1.54, 1.807) is 7.11 Å². The van der Waals surface area contributed by atoms with E-state index >= 15 is 0 Å². The van der Waals surface area contributed by atoms with Crippen molar-refractivity contribution in [3.63, 3.8) is 0 Å². The summed E-state index contributed by atoms with van der Waals surface area (Å²) in [4.78, 5) is 0. The molecule has 0 fully saturated rings. The molecule has 1 aromatic rings. The van der Waals surface area contributed by atoms with E-state index < -0.39 is 0 Å². The number of methoxy groups -OCH3 is 1. The quantitative estimate of drug-likeness (QED) is 0.582. The molecular formula is C9H15ClN2O. The second-order valence-electron chi connectivity index (χ2n) is 2.52. The number of anilines is 1. The number of nitrogens with two attached hydrogens (primary N) is 1. The fourth-order valence-corrected chi connectivity index (χ4v) is 1.13. The molecule has 0 saturated heterocycles. The smallest absolute Gasteiger partial charge is 0.124 e. The number of benzene rings is 1. The number of ether oxygens (including phenoxy) is 1. The Labute approximate surface area is 84.7 Å². The van der Waals surface area contributed by atoms with Crippen molar-refractivity contribution >= 4 is 18.1 Å². The van der Waals surface area contributed by atoms with Crippen molar-refractivity contribution in [2.45, 2.75) is 13.3 Å². The van der Waals surface area contributed by atoms with E-state index in [4.69, 9.17) is 10.6 Å². The van der Waals surface area contributed by atoms with Gasteiger partial charge in [0.25, 0.3) is 0 Å². The Hall–Kier alpha value is -0.930. The van der Waals surface area contributed by atoms with Crippen molar-refractivity contribution in [1.82, 2.24) is 0 Å². The Bertz CT molecular complexity index is 266. The zero-order valence-electron chi connectivity index (χ0n) is 7.83. The van der Waals surface area contributed by atoms with Crippen LogP contribution in [0.5, 0.6) is 5.75 Å². The lowest BCUT2D eigenvalue weighted by Gasteiger charge is -2.08. The number of hydrazine groups is 1. The SMILES string of the molecule is CCc1ccc(NN)cc1OC.Cl. The molecule has 0 heterocycles. The molecule has 3 nitrogen and oxygen atoms in total. The number of halogens is 1. The lowest BCUT2D eigenvalue weighted by Crippen LogP contribution is -2.06. The normalized spacial score (nSPS) is 8.85. The molecule has 0 aromatic heterocycles. The minimum Gasteiger partial charge on any atom is -0.496 e. The van der Waals surface area contributed by atoms with Gasteiger partial charge in [0.1, 0.15) is 5.75 Å². The van der Waals surface area contributed by atoms with Gasteiger partial charge in [0.2, 0.25) is 0 Å². The van der Waals surface area contributed by atoms with Crippen LogP contribution in [0.15, 0.2) is 18.2 Å². The van der Waals surface area contributed by atoms with Gasteiger partial charge in [-0.15, -0.1) is 12.4 Å². The number of nitrogens with one attached hydrogen (secondary N) is 1. The van der Waals surface area contributed by atoms with Crippen molar-refractivity contribution in [2.24, 2.45) is 5.84 Å². The molecule has 74 valence electrons. The molecule has 0 aliphatic carbocycles. The van der Waals surface area contributed by atoms with E-state index in [1.807, 2.05) is 18.2 Å². The highest BCUT2D eigenvalue weighted by Gasteiger charge is 2.00. The van der Waals surface area contributed by atoms with Crippen molar-refractivity contribution in [1.29, 1.82) is 0 Å². The lowest BCUT2D eigenvalue weighted by atomic mass is 10.1. The molecule has 0 spiro atoms. The highest BCUT2D eigenvalue weighted by atomic mass is 35.5. The number of rotatable bonds is 3. The molecule has 4 heteroatoms. The minimum absolute atomic E-state index is 0. The van der Waals surface area contributed by atoms with E-state index in [0.717, 1.165) is 17.9 Å². The van der Waals surface area contributed by atoms with Crippen LogP contribution in [0.4, 0.5) is 5.69 Å². The fraction of sp³-hybridized carbons (Fsp3) is 0.333. The largest absolute Gasteiger partial charge is 0.496 e. The second-order valence-corrected chi connectivity index (χ2v) is 2.52. The Balaban J connectivity index is 0.00000144. The summed E-state index contributed by atoms with van der Waals surface area (Å²) >= 11 is 0. The average Bonchev–Trinajstić information content (AvgIpc) is 2.16. The summed E-state index contributed by atoms with van der Waals surface area (Å²) in [7, 11) is 1.66. The van der Waals surface area contributed by atoms with Crippen molar-refractivity contribution in [3.8, 4) is 5.75 Å². The third-order valence-corrected chi connectivity index (χ3v) is 1.83. The van der Waals surface area contributed by atoms with Crippen molar-refractivity contribution < 1.29 is 4.74 Å². The van der Waals surface area contributed by atoms with Gasteiger partial charge in [-0.3, -0.25) is 5.84 Å². The number of aryl methyl sites for hydroxylation is 1. The molecule has 0 bridgehead atoms. The van der Waals surface area contributed by atoms with Gasteiger partial charge in [0, 0.05) is 6.07 Å². The van der Waals surface area contributed by atoms with Gasteiger partial charge in [-0.1, -0.05) is 13.0 Å². The third-order valence-electron chi connectivity index (χ3n) is 1.83. The Morgan fingerprint density at radius 1 is 1.46 bits per heavy atom. The first-order valence-electron chi connectivity index (χ1n) is 3.95. The molecule has 0 saturated carbocycles. The Morgan fingerprint density at radius 3 is 2.62 bits per heavy atom. The summed E-state index contributed by atoms with van der Waals surface area (Å²) < 4.78 is 5.18. The minimum atomic E-state index is 0. The van der Waals surface area contributed by atoms with Crippen LogP contribution in [0.1, 0.15) is 12.5 Å². The van der Waals surface area contributed by atoms with Crippen LogP contribution in [0, 0.1) is 0 Å². The van der Waals surface area contributed by atoms with E-state index in [9.17, 15) is 0 Å². The molecule has 3 N–H and O–H groups in total. The molecule has 1 aromatic carbocycles. The highest BCUT2D eigenvalue weighted by molar-refractivity contribution is 5.85. The fourth-order valence-electron chi connectivity index (χ4n) is 1.13. The maximum absolute atomic E-state index is 5.26. The van der Waals surface area contributed by atoms with Crippen LogP contribution < -0.4 is 16.0 Å². The predicted octanol–water partition coefficient (Wildman–Crippen LogP) is 1.97. The van der Waals surface area contributed by atoms with Crippen LogP contribution in [0.3, 0.4) is 0 Å². The number of nitrogen functional groups attached to an aromatic ring is 1. The lowest BCUT2D eigenvalue weighted by molar-refractivity contribution is 0.410. The van der Waals surface area contributed by atoms with E-state index in [-0.39, 0.29) is 12.4 Å². The monoisotopic (exact) mass is 202 g/mol. The van der Waals surface area contributed by atoms with Gasteiger partial charge in [-0.05, 0) is 18.1 Å². The summed E-state index contributed by atoms with van der Waals surface area (Å²) in [5, 5.41) is 0. The maximum atomic E-state index is 5.26. The summed E-state index contributed by atoms with van der Waals surface area (Å²) in [6.07, 6.45) is 0.966. The average molecular weight is 203 g/mol. The first-order chi connectivity index (χ1) is 5.81. The van der Waals surface area contributed by atoms with Gasteiger partial charge in [-0.25, -0.2) is 0 Å². The predicted molar refractivity (Wildman–Crippen MR) is 57.4 cm³/mol. The van der Waals surface area contributed by atoms with Gasteiger partial charge >= 0.3 is 0 Å². The first-order valence-corrected chi connectivity index (χ1v) is 3.95. The number of hydrogen-bond donors (Lipinski definition) is 2. The molecule has 0 atom stereocenters. The standard InChI is InChI=1S/C9H14N2O.ClH/c1-3-7-4-5-8(11-10)6-9(7)12-2;/h4-6,11H,3,10H2,1-2H3;1H. The summed E-state index contributed by atoms with van der Waals surface area (Å²) in [5.74, 6) is 6.14. The summed E-state index contributed by atoms with van der Waals surface area (Å²) in [6.45, 7) is 2.09. The summed E-state index contributed by atoms with van der Waals surface area (Å²) in [6, 6.07) is 5.83. The maximum Gasteiger partial charge on any atom is 0.124 e. The van der Waals surface area contributed by atoms with Crippen LogP contribution in [0.2, 0.25) is 0 Å². The zero-order chi connectivity index (χ0) is 8.97. The number of hydrogen-bond acceptors (Lipinski definition) is 3. The third kappa shape index (κ3) is 2.79. The van der Waals surface area contributed by atoms with E-state index in [0.29, 0.717) is 0 Å². The van der Waals surface area contributed by atoms with Crippen molar-refractivity contribution in [2.75, 3.05) is 12.5 Å². The van der Waals surface area contributed by atoms with Crippen molar-refractivity contribution in [3.05, 3.63) is 23.8 Å². The molecule has 0 unspecified atom stereocenters. The van der Waals surface area contributed by atoms with Crippen LogP contribution in [0.25, 0.3) is 0 Å². The van der Waals surface area contributed by atoms with Gasteiger partial charge < -0.3 is 10.2 Å². The molecule has 0 aliphatic heterocycles. The zero-order valence-corrected chi connectivity index (χ0v) is 8.65. The molecule has 0 radical (unpaired) electrons. The summed E-state index contributed by atoms with van der Waals surface area (Å²) in [5.41, 5.74) is 4.63. The topological polar surface area (TPSA) is 47.3 Å². The Kier molecular flexibility index (Phi) is 5.26. The molecule has 13 heavy (non-hydrogen) atoms. The molecule has 0 amide bonds. The van der Waals surface area contributed by atoms with Gasteiger partial charge in [0.05, 0.1) is 12.8 Å². The van der Waals surface area contributed by atoms with Gasteiger partial charge in [-0.2, -0.15) is 0 Å². The van der Waals surface area contributed by atoms with Crippen LogP contribution >= 0.6 is 12.4 Å². The molecule has 0 aliphatic rings. The van der Waals surface area contributed by atoms with E-state index in [1.165, 1.54) is 5.56 Å².